The lowest BCUT2D eigenvalue weighted by Gasteiger charge is -2.34. The van der Waals surface area contributed by atoms with Crippen LogP contribution in [0.2, 0.25) is 0 Å². The van der Waals surface area contributed by atoms with Gasteiger partial charge in [-0.2, -0.15) is 0 Å². The maximum Gasteiger partial charge on any atom is 0.253 e. The normalized spacial score (nSPS) is 15.1. The maximum atomic E-state index is 12.7. The number of halogens is 1. The average molecular weight is 489 g/mol. The third-order valence-corrected chi connectivity index (χ3v) is 6.30. The molecule has 1 amide bonds. The van der Waals surface area contributed by atoms with Crippen molar-refractivity contribution in [3.63, 3.8) is 0 Å². The van der Waals surface area contributed by atoms with E-state index in [4.69, 9.17) is 4.98 Å². The molecular weight excluding hydrogens is 469 g/mol. The molecule has 0 saturated carbocycles. The van der Waals surface area contributed by atoms with Gasteiger partial charge in [0.05, 0.1) is 5.69 Å². The number of nitrogens with zero attached hydrogens (tertiary/aromatic N) is 3. The third-order valence-electron chi connectivity index (χ3n) is 4.69. The minimum absolute atomic E-state index is 0.133. The van der Waals surface area contributed by atoms with E-state index in [1.807, 2.05) is 47.4 Å². The highest BCUT2D eigenvalue weighted by molar-refractivity contribution is 14.1. The molecule has 1 aliphatic heterocycles. The Morgan fingerprint density at radius 3 is 2.56 bits per heavy atom. The first kappa shape index (κ1) is 18.6. The van der Waals surface area contributed by atoms with E-state index in [1.165, 1.54) is 5.56 Å². The molecule has 0 radical (unpaired) electrons. The molecule has 138 valence electrons. The van der Waals surface area contributed by atoms with E-state index >= 15 is 0 Å². The largest absolute Gasteiger partial charge is 0.336 e. The minimum atomic E-state index is 0.133. The summed E-state index contributed by atoms with van der Waals surface area (Å²) in [7, 11) is 0. The Kier molecular flexibility index (Phi) is 5.85. The van der Waals surface area contributed by atoms with Crippen LogP contribution in [0.25, 0.3) is 10.6 Å². The second-order valence-electron chi connectivity index (χ2n) is 6.59. The first-order valence-corrected chi connectivity index (χ1v) is 10.9. The van der Waals surface area contributed by atoms with E-state index in [2.05, 4.69) is 45.0 Å². The van der Waals surface area contributed by atoms with Gasteiger partial charge in [0.2, 0.25) is 0 Å². The van der Waals surface area contributed by atoms with Crippen LogP contribution < -0.4 is 0 Å². The van der Waals surface area contributed by atoms with Crippen molar-refractivity contribution >= 4 is 39.8 Å². The molecule has 0 bridgehead atoms. The Hall–Kier alpha value is -1.77. The molecule has 2 heterocycles. The molecular formula is C21H20IN3OS. The van der Waals surface area contributed by atoms with Gasteiger partial charge in [0.25, 0.3) is 5.91 Å². The predicted molar refractivity (Wildman–Crippen MR) is 118 cm³/mol. The highest BCUT2D eigenvalue weighted by Crippen LogP contribution is 2.24. The average Bonchev–Trinajstić information content (AvgIpc) is 3.17. The number of rotatable bonds is 4. The van der Waals surface area contributed by atoms with E-state index in [9.17, 15) is 4.79 Å². The highest BCUT2D eigenvalue weighted by Gasteiger charge is 2.22. The predicted octanol–water partition coefficient (Wildman–Crippen LogP) is 4.37. The van der Waals surface area contributed by atoms with Crippen molar-refractivity contribution in [3.8, 4) is 10.6 Å². The van der Waals surface area contributed by atoms with Crippen LogP contribution in [-0.2, 0) is 6.54 Å². The van der Waals surface area contributed by atoms with Gasteiger partial charge in [0, 0.05) is 52.8 Å². The van der Waals surface area contributed by atoms with Gasteiger partial charge in [-0.15, -0.1) is 11.3 Å². The molecule has 0 atom stereocenters. The number of amides is 1. The van der Waals surface area contributed by atoms with E-state index < -0.39 is 0 Å². The summed E-state index contributed by atoms with van der Waals surface area (Å²) in [6, 6.07) is 18.1. The van der Waals surface area contributed by atoms with Gasteiger partial charge in [-0.25, -0.2) is 4.98 Å². The fraction of sp³-hybridized carbons (Fsp3) is 0.238. The van der Waals surface area contributed by atoms with Gasteiger partial charge in [0.1, 0.15) is 5.01 Å². The van der Waals surface area contributed by atoms with Crippen LogP contribution in [0, 0.1) is 3.57 Å². The quantitative estimate of drug-likeness (QED) is 0.511. The molecule has 0 aliphatic carbocycles. The van der Waals surface area contributed by atoms with Gasteiger partial charge in [-0.05, 0) is 40.8 Å². The molecule has 4 rings (SSSR count). The Morgan fingerprint density at radius 1 is 1.04 bits per heavy atom. The van der Waals surface area contributed by atoms with E-state index in [0.29, 0.717) is 0 Å². The van der Waals surface area contributed by atoms with Crippen LogP contribution in [-0.4, -0.2) is 46.9 Å². The molecule has 1 aromatic heterocycles. The summed E-state index contributed by atoms with van der Waals surface area (Å²) in [4.78, 5) is 21.8. The lowest BCUT2D eigenvalue weighted by atomic mass is 10.2. The van der Waals surface area contributed by atoms with Crippen molar-refractivity contribution in [1.29, 1.82) is 0 Å². The zero-order valence-electron chi connectivity index (χ0n) is 14.8. The van der Waals surface area contributed by atoms with Crippen LogP contribution in [0.4, 0.5) is 0 Å². The van der Waals surface area contributed by atoms with Crippen molar-refractivity contribution in [2.75, 3.05) is 26.2 Å². The van der Waals surface area contributed by atoms with Crippen LogP contribution in [0.3, 0.4) is 0 Å². The topological polar surface area (TPSA) is 36.4 Å². The summed E-state index contributed by atoms with van der Waals surface area (Å²) in [5, 5.41) is 3.21. The first-order chi connectivity index (χ1) is 13.2. The first-order valence-electron chi connectivity index (χ1n) is 8.96. The fourth-order valence-electron chi connectivity index (χ4n) is 3.24. The van der Waals surface area contributed by atoms with Gasteiger partial charge in [-0.1, -0.05) is 36.4 Å². The van der Waals surface area contributed by atoms with Crippen LogP contribution in [0.15, 0.2) is 60.0 Å². The third kappa shape index (κ3) is 4.56. The van der Waals surface area contributed by atoms with E-state index in [1.54, 1.807) is 11.3 Å². The summed E-state index contributed by atoms with van der Waals surface area (Å²) in [5.41, 5.74) is 3.06. The molecule has 0 unspecified atom stereocenters. The number of benzene rings is 2. The van der Waals surface area contributed by atoms with Gasteiger partial charge >= 0.3 is 0 Å². The fourth-order valence-corrected chi connectivity index (χ4v) is 4.60. The number of hydrogen-bond acceptors (Lipinski definition) is 4. The summed E-state index contributed by atoms with van der Waals surface area (Å²) in [6.45, 7) is 4.14. The molecule has 27 heavy (non-hydrogen) atoms. The Morgan fingerprint density at radius 2 is 1.81 bits per heavy atom. The second-order valence-corrected chi connectivity index (χ2v) is 8.69. The lowest BCUT2D eigenvalue weighted by Crippen LogP contribution is -2.48. The zero-order valence-corrected chi connectivity index (χ0v) is 17.8. The molecule has 0 spiro atoms. The van der Waals surface area contributed by atoms with Crippen molar-refractivity contribution < 1.29 is 4.79 Å². The summed E-state index contributed by atoms with van der Waals surface area (Å²) in [6.07, 6.45) is 0. The molecule has 1 aliphatic rings. The Bertz CT molecular complexity index is 920. The SMILES string of the molecule is O=C(c1cccc(I)c1)N1CCN(Cc2csc(-c3ccccc3)n2)CC1. The Balaban J connectivity index is 1.33. The highest BCUT2D eigenvalue weighted by atomic mass is 127. The molecule has 2 aromatic carbocycles. The molecule has 6 heteroatoms. The second kappa shape index (κ2) is 8.50. The van der Waals surface area contributed by atoms with Crippen molar-refractivity contribution in [2.24, 2.45) is 0 Å². The van der Waals surface area contributed by atoms with E-state index in [-0.39, 0.29) is 5.91 Å². The number of piperazine rings is 1. The molecule has 0 N–H and O–H groups in total. The molecule has 4 nitrogen and oxygen atoms in total. The Labute approximate surface area is 177 Å². The summed E-state index contributed by atoms with van der Waals surface area (Å²) >= 11 is 3.94. The molecule has 1 saturated heterocycles. The van der Waals surface area contributed by atoms with Crippen molar-refractivity contribution in [1.82, 2.24) is 14.8 Å². The smallest absolute Gasteiger partial charge is 0.253 e. The van der Waals surface area contributed by atoms with E-state index in [0.717, 1.165) is 52.6 Å². The van der Waals surface area contributed by atoms with Crippen molar-refractivity contribution in [2.45, 2.75) is 6.54 Å². The summed E-state index contributed by atoms with van der Waals surface area (Å²) in [5.74, 6) is 0.133. The molecule has 1 fully saturated rings. The standard InChI is InChI=1S/C21H20IN3OS/c22-18-8-4-7-17(13-18)21(26)25-11-9-24(10-12-25)14-19-15-27-20(23-19)16-5-2-1-3-6-16/h1-8,13,15H,9-12,14H2. The zero-order chi connectivity index (χ0) is 18.6. The number of thiazole rings is 1. The number of carbonyl (C=O) groups is 1. The van der Waals surface area contributed by atoms with Gasteiger partial charge in [-0.3, -0.25) is 9.69 Å². The van der Waals surface area contributed by atoms with Crippen LogP contribution >= 0.6 is 33.9 Å². The number of carbonyl (C=O) groups excluding carboxylic acids is 1. The van der Waals surface area contributed by atoms with Gasteiger partial charge in [0.15, 0.2) is 0 Å². The van der Waals surface area contributed by atoms with Crippen LogP contribution in [0.1, 0.15) is 16.1 Å². The lowest BCUT2D eigenvalue weighted by molar-refractivity contribution is 0.0627. The minimum Gasteiger partial charge on any atom is -0.336 e. The van der Waals surface area contributed by atoms with Crippen molar-refractivity contribution in [3.05, 3.63) is 74.8 Å². The van der Waals surface area contributed by atoms with Gasteiger partial charge < -0.3 is 4.90 Å². The molecule has 3 aromatic rings. The number of aromatic nitrogens is 1. The monoisotopic (exact) mass is 489 g/mol. The summed E-state index contributed by atoms with van der Waals surface area (Å²) < 4.78 is 1.09. The maximum absolute atomic E-state index is 12.7. The van der Waals surface area contributed by atoms with Crippen LogP contribution in [0.5, 0.6) is 0 Å². The number of hydrogen-bond donors (Lipinski definition) is 0.